The molecule has 3 rings (SSSR count). The molecule has 0 amide bonds. The molecule has 3 heterocycles. The standard InChI is InChI=1S/C14H22N5O6PS/c1-7(2)24-12(20)8(3)18-26(22)23-5-10-9(25-26)4-11(27-10)19-6-16-13(15)17-14(19)21/h6-11H,4-5H2,1-3H3,(H,18,22)(H2,15,17,21)/t8-,9?,10+,11+,26?/m0/s1. The van der Waals surface area contributed by atoms with E-state index in [1.807, 2.05) is 0 Å². The fraction of sp³-hybridized carbons (Fsp3) is 0.714. The highest BCUT2D eigenvalue weighted by Crippen LogP contribution is 2.56. The number of nitrogens with zero attached hydrogens (tertiary/aromatic N) is 3. The summed E-state index contributed by atoms with van der Waals surface area (Å²) >= 11 is 1.45. The second-order valence-corrected chi connectivity index (χ2v) is 9.69. The predicted octanol–water partition coefficient (Wildman–Crippen LogP) is 0.678. The van der Waals surface area contributed by atoms with Crippen LogP contribution in [0.2, 0.25) is 0 Å². The quantitative estimate of drug-likeness (QED) is 0.512. The van der Waals surface area contributed by atoms with Gasteiger partial charge in [0.25, 0.3) is 0 Å². The average Bonchev–Trinajstić information content (AvgIpc) is 2.96. The molecule has 5 atom stereocenters. The van der Waals surface area contributed by atoms with Gasteiger partial charge in [-0.1, -0.05) is 0 Å². The van der Waals surface area contributed by atoms with Gasteiger partial charge in [0, 0.05) is 6.42 Å². The van der Waals surface area contributed by atoms with Gasteiger partial charge in [0.2, 0.25) is 5.95 Å². The maximum atomic E-state index is 12.8. The summed E-state index contributed by atoms with van der Waals surface area (Å²) in [6, 6.07) is -0.854. The van der Waals surface area contributed by atoms with Crippen molar-refractivity contribution in [3.05, 3.63) is 16.8 Å². The lowest BCUT2D eigenvalue weighted by molar-refractivity contribution is -0.149. The highest BCUT2D eigenvalue weighted by molar-refractivity contribution is 8.00. The molecule has 2 saturated heterocycles. The monoisotopic (exact) mass is 419 g/mol. The van der Waals surface area contributed by atoms with Crippen molar-refractivity contribution in [2.75, 3.05) is 12.3 Å². The van der Waals surface area contributed by atoms with E-state index in [0.717, 1.165) is 0 Å². The van der Waals surface area contributed by atoms with E-state index in [9.17, 15) is 14.2 Å². The number of nitrogens with one attached hydrogen (secondary N) is 1. The van der Waals surface area contributed by atoms with Crippen LogP contribution in [0, 0.1) is 0 Å². The minimum Gasteiger partial charge on any atom is -0.462 e. The first-order chi connectivity index (χ1) is 12.7. The Morgan fingerprint density at radius 1 is 1.52 bits per heavy atom. The van der Waals surface area contributed by atoms with Crippen molar-refractivity contribution in [1.29, 1.82) is 0 Å². The van der Waals surface area contributed by atoms with Crippen LogP contribution in [-0.2, 0) is 23.1 Å². The molecule has 0 saturated carbocycles. The number of nitrogen functional groups attached to an aromatic ring is 1. The first kappa shape index (κ1) is 20.3. The fourth-order valence-corrected chi connectivity index (χ4v) is 6.13. The molecule has 2 aliphatic heterocycles. The zero-order valence-electron chi connectivity index (χ0n) is 15.1. The van der Waals surface area contributed by atoms with Crippen LogP contribution in [0.4, 0.5) is 5.95 Å². The van der Waals surface area contributed by atoms with Crippen LogP contribution in [0.3, 0.4) is 0 Å². The van der Waals surface area contributed by atoms with Crippen molar-refractivity contribution >= 4 is 31.4 Å². The second-order valence-electron chi connectivity index (χ2n) is 6.54. The van der Waals surface area contributed by atoms with Crippen molar-refractivity contribution in [3.8, 4) is 0 Å². The summed E-state index contributed by atoms with van der Waals surface area (Å²) in [6.07, 6.45) is 1.06. The van der Waals surface area contributed by atoms with Crippen LogP contribution in [0.15, 0.2) is 11.1 Å². The van der Waals surface area contributed by atoms with Gasteiger partial charge >= 0.3 is 19.4 Å². The molecule has 11 nitrogen and oxygen atoms in total. The maximum absolute atomic E-state index is 12.8. The van der Waals surface area contributed by atoms with Gasteiger partial charge in [-0.05, 0) is 20.8 Å². The molecule has 0 aliphatic carbocycles. The summed E-state index contributed by atoms with van der Waals surface area (Å²) in [5, 5.41) is 2.21. The number of ether oxygens (including phenoxy) is 1. The van der Waals surface area contributed by atoms with Crippen LogP contribution in [0.1, 0.15) is 32.6 Å². The molecule has 0 bridgehead atoms. The van der Waals surface area contributed by atoms with Gasteiger partial charge in [-0.15, -0.1) is 11.8 Å². The average molecular weight is 419 g/mol. The Morgan fingerprint density at radius 3 is 2.93 bits per heavy atom. The Kier molecular flexibility index (Phi) is 5.92. The number of thioether (sulfide) groups is 1. The lowest BCUT2D eigenvalue weighted by Gasteiger charge is -2.32. The molecular formula is C14H22N5O6PS. The lowest BCUT2D eigenvalue weighted by atomic mass is 10.2. The van der Waals surface area contributed by atoms with Gasteiger partial charge in [-0.25, -0.2) is 19.4 Å². The zero-order chi connectivity index (χ0) is 19.8. The molecular weight excluding hydrogens is 397 g/mol. The topological polar surface area (TPSA) is 148 Å². The van der Waals surface area contributed by atoms with Crippen molar-refractivity contribution in [1.82, 2.24) is 19.6 Å². The molecule has 2 aliphatic rings. The molecule has 13 heteroatoms. The smallest absolute Gasteiger partial charge is 0.406 e. The Hall–Kier alpha value is -1.46. The van der Waals surface area contributed by atoms with E-state index in [1.54, 1.807) is 13.8 Å². The Morgan fingerprint density at radius 2 is 2.26 bits per heavy atom. The number of carbonyl (C=O) groups is 1. The van der Waals surface area contributed by atoms with Crippen LogP contribution >= 0.6 is 19.5 Å². The molecule has 2 unspecified atom stereocenters. The summed E-state index contributed by atoms with van der Waals surface area (Å²) < 4.78 is 30.3. The van der Waals surface area contributed by atoms with E-state index in [4.69, 9.17) is 19.5 Å². The normalized spacial score (nSPS) is 31.5. The molecule has 0 spiro atoms. The molecule has 2 fully saturated rings. The third kappa shape index (κ3) is 4.69. The zero-order valence-corrected chi connectivity index (χ0v) is 16.8. The molecule has 3 N–H and O–H groups in total. The number of rotatable bonds is 5. The minimum atomic E-state index is -3.68. The number of nitrogens with two attached hydrogens (primary N) is 1. The first-order valence-electron chi connectivity index (χ1n) is 8.44. The van der Waals surface area contributed by atoms with Gasteiger partial charge in [0.1, 0.15) is 12.4 Å². The van der Waals surface area contributed by atoms with E-state index in [2.05, 4.69) is 15.1 Å². The maximum Gasteiger partial charge on any atom is 0.406 e. The fourth-order valence-electron chi connectivity index (χ4n) is 2.76. The van der Waals surface area contributed by atoms with Gasteiger partial charge in [-0.3, -0.25) is 18.4 Å². The third-order valence-electron chi connectivity index (χ3n) is 3.98. The first-order valence-corrected chi connectivity index (χ1v) is 10.9. The second kappa shape index (κ2) is 7.88. The number of anilines is 1. The molecule has 27 heavy (non-hydrogen) atoms. The van der Waals surface area contributed by atoms with E-state index in [1.165, 1.54) is 29.6 Å². The largest absolute Gasteiger partial charge is 0.462 e. The predicted molar refractivity (Wildman–Crippen MR) is 98.0 cm³/mol. The van der Waals surface area contributed by atoms with Crippen molar-refractivity contribution in [3.63, 3.8) is 0 Å². The van der Waals surface area contributed by atoms with E-state index in [-0.39, 0.29) is 29.3 Å². The highest BCUT2D eigenvalue weighted by Gasteiger charge is 2.47. The van der Waals surface area contributed by atoms with Gasteiger partial charge in [0.05, 0.1) is 29.4 Å². The summed E-state index contributed by atoms with van der Waals surface area (Å²) in [6.45, 7) is 5.14. The van der Waals surface area contributed by atoms with E-state index < -0.39 is 31.6 Å². The number of hydrogen-bond acceptors (Lipinski definition) is 10. The van der Waals surface area contributed by atoms with Crippen molar-refractivity contribution in [2.24, 2.45) is 0 Å². The lowest BCUT2D eigenvalue weighted by Crippen LogP contribution is -2.40. The van der Waals surface area contributed by atoms with Crippen LogP contribution in [0.25, 0.3) is 0 Å². The summed E-state index contributed by atoms with van der Waals surface area (Å²) in [5.74, 6) is -0.633. The Labute approximate surface area is 159 Å². The SMILES string of the molecule is CC(C)OC(=O)[C@H](C)NP1(=O)OC[C@H]2S[C@@H](n3cnc(N)nc3=O)CC2O1. The van der Waals surface area contributed by atoms with Crippen LogP contribution in [0.5, 0.6) is 0 Å². The van der Waals surface area contributed by atoms with E-state index >= 15 is 0 Å². The van der Waals surface area contributed by atoms with Gasteiger partial charge in [-0.2, -0.15) is 4.98 Å². The molecule has 150 valence electrons. The number of carbonyl (C=O) groups excluding carboxylic acids is 1. The minimum absolute atomic E-state index is 0.0905. The summed E-state index contributed by atoms with van der Waals surface area (Å²) in [7, 11) is -3.68. The number of esters is 1. The Balaban J connectivity index is 1.65. The molecule has 0 aromatic carbocycles. The van der Waals surface area contributed by atoms with Crippen molar-refractivity contribution in [2.45, 2.75) is 56.1 Å². The highest BCUT2D eigenvalue weighted by atomic mass is 32.2. The number of fused-ring (bicyclic) bond motifs is 1. The van der Waals surface area contributed by atoms with E-state index in [0.29, 0.717) is 6.42 Å². The summed E-state index contributed by atoms with van der Waals surface area (Å²) in [5.41, 5.74) is 4.90. The van der Waals surface area contributed by atoms with Gasteiger partial charge < -0.3 is 10.5 Å². The molecule has 1 aromatic heterocycles. The Bertz CT molecular complexity index is 819. The molecule has 1 aromatic rings. The van der Waals surface area contributed by atoms with Crippen LogP contribution in [-0.4, -0.2) is 50.6 Å². The van der Waals surface area contributed by atoms with Crippen LogP contribution < -0.4 is 16.5 Å². The molecule has 0 radical (unpaired) electrons. The third-order valence-corrected chi connectivity index (χ3v) is 7.24. The van der Waals surface area contributed by atoms with Crippen molar-refractivity contribution < 1.29 is 23.1 Å². The number of hydrogen-bond donors (Lipinski definition) is 2. The summed E-state index contributed by atoms with van der Waals surface area (Å²) in [4.78, 5) is 31.4. The van der Waals surface area contributed by atoms with Gasteiger partial charge in [0.15, 0.2) is 0 Å². The number of aromatic nitrogens is 3.